The van der Waals surface area contributed by atoms with Gasteiger partial charge < -0.3 is 10.8 Å². The minimum atomic E-state index is 0.163. The molecule has 0 saturated carbocycles. The van der Waals surface area contributed by atoms with Crippen molar-refractivity contribution in [2.45, 2.75) is 13.3 Å². The zero-order chi connectivity index (χ0) is 10.6. The number of aliphatic hydroxyl groups excluding tert-OH is 1. The number of nitrogens with two attached hydrogens (primary N) is 1. The van der Waals surface area contributed by atoms with E-state index in [1.54, 1.807) is 11.3 Å². The summed E-state index contributed by atoms with van der Waals surface area (Å²) < 4.78 is 0.820. The van der Waals surface area contributed by atoms with E-state index < -0.39 is 0 Å². The summed E-state index contributed by atoms with van der Waals surface area (Å²) in [6.45, 7) is 2.81. The number of thiophene rings is 1. The van der Waals surface area contributed by atoms with Crippen molar-refractivity contribution in [1.29, 1.82) is 0 Å². The molecule has 2 atom stereocenters. The SMILES string of the molecule is CC(Cc1ccc(Cl)s1)C(CN)CO. The molecule has 0 bridgehead atoms. The molecular weight excluding hydrogens is 218 g/mol. The zero-order valence-corrected chi connectivity index (χ0v) is 9.81. The van der Waals surface area contributed by atoms with E-state index in [2.05, 4.69) is 6.92 Å². The molecule has 14 heavy (non-hydrogen) atoms. The highest BCUT2D eigenvalue weighted by Gasteiger charge is 2.15. The van der Waals surface area contributed by atoms with Gasteiger partial charge in [0, 0.05) is 11.5 Å². The highest BCUT2D eigenvalue weighted by Crippen LogP contribution is 2.25. The Morgan fingerprint density at radius 1 is 1.57 bits per heavy atom. The van der Waals surface area contributed by atoms with Crippen LogP contribution in [-0.4, -0.2) is 18.3 Å². The summed E-state index contributed by atoms with van der Waals surface area (Å²) in [4.78, 5) is 1.26. The van der Waals surface area contributed by atoms with Gasteiger partial charge in [-0.3, -0.25) is 0 Å². The molecule has 2 nitrogen and oxygen atoms in total. The molecule has 1 aromatic rings. The van der Waals surface area contributed by atoms with Crippen LogP contribution in [0.25, 0.3) is 0 Å². The quantitative estimate of drug-likeness (QED) is 0.819. The number of rotatable bonds is 5. The topological polar surface area (TPSA) is 46.2 Å². The van der Waals surface area contributed by atoms with Gasteiger partial charge in [-0.25, -0.2) is 0 Å². The smallest absolute Gasteiger partial charge is 0.0931 e. The number of hydrogen-bond acceptors (Lipinski definition) is 3. The van der Waals surface area contributed by atoms with Crippen LogP contribution in [0.2, 0.25) is 4.34 Å². The third-order valence-corrected chi connectivity index (χ3v) is 3.75. The predicted octanol–water partition coefficient (Wildman–Crippen LogP) is 2.15. The first kappa shape index (κ1) is 12.0. The fourth-order valence-corrected chi connectivity index (χ4v) is 2.66. The molecule has 0 fully saturated rings. The maximum Gasteiger partial charge on any atom is 0.0931 e. The highest BCUT2D eigenvalue weighted by molar-refractivity contribution is 7.16. The van der Waals surface area contributed by atoms with Gasteiger partial charge >= 0.3 is 0 Å². The van der Waals surface area contributed by atoms with Crippen LogP contribution >= 0.6 is 22.9 Å². The van der Waals surface area contributed by atoms with Crippen LogP contribution < -0.4 is 5.73 Å². The first-order valence-corrected chi connectivity index (χ1v) is 5.92. The lowest BCUT2D eigenvalue weighted by Gasteiger charge is -2.19. The van der Waals surface area contributed by atoms with Crippen molar-refractivity contribution in [3.63, 3.8) is 0 Å². The average Bonchev–Trinajstić information content (AvgIpc) is 2.53. The van der Waals surface area contributed by atoms with Gasteiger partial charge in [0.2, 0.25) is 0 Å². The number of hydrogen-bond donors (Lipinski definition) is 2. The monoisotopic (exact) mass is 233 g/mol. The third kappa shape index (κ3) is 3.24. The first-order chi connectivity index (χ1) is 6.67. The molecular formula is C10H16ClNOS. The van der Waals surface area contributed by atoms with Gasteiger partial charge in [-0.1, -0.05) is 18.5 Å². The second-order valence-corrected chi connectivity index (χ2v) is 5.37. The van der Waals surface area contributed by atoms with E-state index in [1.165, 1.54) is 4.88 Å². The van der Waals surface area contributed by atoms with Gasteiger partial charge in [0.25, 0.3) is 0 Å². The lowest BCUT2D eigenvalue weighted by molar-refractivity contribution is 0.187. The van der Waals surface area contributed by atoms with Crippen molar-refractivity contribution in [2.75, 3.05) is 13.2 Å². The van der Waals surface area contributed by atoms with Gasteiger partial charge in [-0.15, -0.1) is 11.3 Å². The molecule has 4 heteroatoms. The summed E-state index contributed by atoms with van der Waals surface area (Å²) in [5.41, 5.74) is 5.56. The van der Waals surface area contributed by atoms with E-state index in [4.69, 9.17) is 22.4 Å². The van der Waals surface area contributed by atoms with Crippen LogP contribution in [0, 0.1) is 11.8 Å². The summed E-state index contributed by atoms with van der Waals surface area (Å²) in [7, 11) is 0. The van der Waals surface area contributed by atoms with E-state index >= 15 is 0 Å². The third-order valence-electron chi connectivity index (χ3n) is 2.49. The first-order valence-electron chi connectivity index (χ1n) is 4.72. The Morgan fingerprint density at radius 2 is 2.29 bits per heavy atom. The Morgan fingerprint density at radius 3 is 2.71 bits per heavy atom. The Labute approximate surface area is 93.7 Å². The Kier molecular flexibility index (Phi) is 4.89. The summed E-state index contributed by atoms with van der Waals surface area (Å²) in [6, 6.07) is 3.94. The Balaban J connectivity index is 2.51. The van der Waals surface area contributed by atoms with E-state index in [9.17, 15) is 0 Å². The number of aliphatic hydroxyl groups is 1. The van der Waals surface area contributed by atoms with Crippen molar-refractivity contribution >= 4 is 22.9 Å². The van der Waals surface area contributed by atoms with Crippen LogP contribution in [-0.2, 0) is 6.42 Å². The van der Waals surface area contributed by atoms with Crippen molar-refractivity contribution < 1.29 is 5.11 Å². The molecule has 0 radical (unpaired) electrons. The zero-order valence-electron chi connectivity index (χ0n) is 8.24. The predicted molar refractivity (Wildman–Crippen MR) is 61.8 cm³/mol. The summed E-state index contributed by atoms with van der Waals surface area (Å²) in [5, 5.41) is 9.08. The van der Waals surface area contributed by atoms with E-state index in [-0.39, 0.29) is 12.5 Å². The molecule has 0 aromatic carbocycles. The normalized spacial score (nSPS) is 15.4. The molecule has 0 aliphatic carbocycles. The average molecular weight is 234 g/mol. The summed E-state index contributed by atoms with van der Waals surface area (Å²) in [5.74, 6) is 0.593. The maximum absolute atomic E-state index is 9.08. The van der Waals surface area contributed by atoms with Crippen LogP contribution in [0.1, 0.15) is 11.8 Å². The second-order valence-electron chi connectivity index (χ2n) is 3.57. The van der Waals surface area contributed by atoms with Crippen molar-refractivity contribution in [1.82, 2.24) is 0 Å². The fraction of sp³-hybridized carbons (Fsp3) is 0.600. The van der Waals surface area contributed by atoms with Crippen molar-refractivity contribution in [2.24, 2.45) is 17.6 Å². The van der Waals surface area contributed by atoms with Crippen LogP contribution in [0.3, 0.4) is 0 Å². The molecule has 1 heterocycles. The summed E-state index contributed by atoms with van der Waals surface area (Å²) >= 11 is 7.43. The van der Waals surface area contributed by atoms with E-state index in [0.29, 0.717) is 12.5 Å². The molecule has 3 N–H and O–H groups in total. The molecule has 1 aromatic heterocycles. The Bertz CT molecular complexity index is 273. The molecule has 0 aliphatic rings. The van der Waals surface area contributed by atoms with Gasteiger partial charge in [0.1, 0.15) is 0 Å². The largest absolute Gasteiger partial charge is 0.396 e. The second kappa shape index (κ2) is 5.71. The molecule has 80 valence electrons. The van der Waals surface area contributed by atoms with E-state index in [0.717, 1.165) is 10.8 Å². The minimum absolute atomic E-state index is 0.163. The number of halogens is 1. The molecule has 0 spiro atoms. The fourth-order valence-electron chi connectivity index (χ4n) is 1.43. The lowest BCUT2D eigenvalue weighted by Crippen LogP contribution is -2.26. The van der Waals surface area contributed by atoms with Crippen molar-refractivity contribution in [3.8, 4) is 0 Å². The molecule has 0 aliphatic heterocycles. The standard InChI is InChI=1S/C10H16ClNOS/c1-7(8(5-12)6-13)4-9-2-3-10(11)14-9/h2-3,7-8,13H,4-6,12H2,1H3. The van der Waals surface area contributed by atoms with Crippen LogP contribution in [0.15, 0.2) is 12.1 Å². The van der Waals surface area contributed by atoms with Crippen LogP contribution in [0.5, 0.6) is 0 Å². The summed E-state index contributed by atoms with van der Waals surface area (Å²) in [6.07, 6.45) is 0.944. The van der Waals surface area contributed by atoms with Gasteiger partial charge in [-0.05, 0) is 36.9 Å². The molecule has 1 rings (SSSR count). The van der Waals surface area contributed by atoms with Crippen molar-refractivity contribution in [3.05, 3.63) is 21.3 Å². The van der Waals surface area contributed by atoms with Gasteiger partial charge in [0.15, 0.2) is 0 Å². The maximum atomic E-state index is 9.08. The highest BCUT2D eigenvalue weighted by atomic mass is 35.5. The Hall–Kier alpha value is -0.0900. The lowest BCUT2D eigenvalue weighted by atomic mass is 9.91. The molecule has 2 unspecified atom stereocenters. The van der Waals surface area contributed by atoms with Gasteiger partial charge in [0.05, 0.1) is 4.34 Å². The minimum Gasteiger partial charge on any atom is -0.396 e. The van der Waals surface area contributed by atoms with Crippen LogP contribution in [0.4, 0.5) is 0 Å². The van der Waals surface area contributed by atoms with E-state index in [1.807, 2.05) is 12.1 Å². The molecule has 0 saturated heterocycles. The van der Waals surface area contributed by atoms with Gasteiger partial charge in [-0.2, -0.15) is 0 Å². The molecule has 0 amide bonds.